The van der Waals surface area contributed by atoms with Gasteiger partial charge in [-0.2, -0.15) is 0 Å². The van der Waals surface area contributed by atoms with Crippen LogP contribution in [0.25, 0.3) is 0 Å². The third-order valence-corrected chi connectivity index (χ3v) is 4.55. The van der Waals surface area contributed by atoms with Crippen LogP contribution in [0.4, 0.5) is 5.69 Å². The van der Waals surface area contributed by atoms with E-state index in [4.69, 9.17) is 0 Å². The van der Waals surface area contributed by atoms with Crippen LogP contribution >= 0.6 is 0 Å². The van der Waals surface area contributed by atoms with E-state index in [1.54, 1.807) is 0 Å². The first-order valence-electron chi connectivity index (χ1n) is 8.38. The number of fused-ring (bicyclic) bond motifs is 1. The lowest BCUT2D eigenvalue weighted by Gasteiger charge is -2.31. The molecule has 3 nitrogen and oxygen atoms in total. The Morgan fingerprint density at radius 1 is 1.13 bits per heavy atom. The molecule has 0 aromatic heterocycles. The van der Waals surface area contributed by atoms with E-state index in [0.29, 0.717) is 13.0 Å². The topological polar surface area (TPSA) is 32.3 Å². The van der Waals surface area contributed by atoms with Crippen LogP contribution in [-0.4, -0.2) is 19.0 Å². The number of carbonyl (C=O) groups excluding carboxylic acids is 1. The summed E-state index contributed by atoms with van der Waals surface area (Å²) >= 11 is 0. The van der Waals surface area contributed by atoms with Crippen molar-refractivity contribution in [2.45, 2.75) is 32.7 Å². The lowest BCUT2D eigenvalue weighted by molar-refractivity contribution is -0.121. The summed E-state index contributed by atoms with van der Waals surface area (Å²) < 4.78 is 0. The molecule has 1 amide bonds. The number of amides is 1. The Hall–Kier alpha value is -2.29. The highest BCUT2D eigenvalue weighted by molar-refractivity contribution is 5.76. The Kier molecular flexibility index (Phi) is 4.96. The molecule has 0 saturated heterocycles. The molecule has 1 heterocycles. The molecule has 0 aliphatic carbocycles. The van der Waals surface area contributed by atoms with Gasteiger partial charge in [0.25, 0.3) is 0 Å². The number of rotatable bonds is 5. The molecular formula is C20H24N2O. The quantitative estimate of drug-likeness (QED) is 0.917. The Bertz CT molecular complexity index is 681. The predicted molar refractivity (Wildman–Crippen MR) is 94.6 cm³/mol. The lowest BCUT2D eigenvalue weighted by atomic mass is 10.0. The molecule has 2 aromatic rings. The van der Waals surface area contributed by atoms with Crippen molar-refractivity contribution in [3.63, 3.8) is 0 Å². The molecule has 3 rings (SSSR count). The SMILES string of the molecule is Cc1ccccc1CNC(=O)CCN1CCCc2ccccc21. The minimum atomic E-state index is 0.122. The number of hydrogen-bond acceptors (Lipinski definition) is 2. The van der Waals surface area contributed by atoms with Crippen LogP contribution in [-0.2, 0) is 17.8 Å². The van der Waals surface area contributed by atoms with Crippen LogP contribution in [0.1, 0.15) is 29.5 Å². The van der Waals surface area contributed by atoms with Crippen LogP contribution in [0.3, 0.4) is 0 Å². The minimum absolute atomic E-state index is 0.122. The molecule has 0 saturated carbocycles. The molecule has 3 heteroatoms. The third-order valence-electron chi connectivity index (χ3n) is 4.55. The van der Waals surface area contributed by atoms with Crippen LogP contribution in [0, 0.1) is 6.92 Å². The van der Waals surface area contributed by atoms with Crippen LogP contribution in [0.15, 0.2) is 48.5 Å². The van der Waals surface area contributed by atoms with Crippen molar-refractivity contribution in [2.75, 3.05) is 18.0 Å². The number of aryl methyl sites for hydroxylation is 2. The summed E-state index contributed by atoms with van der Waals surface area (Å²) in [6, 6.07) is 16.7. The van der Waals surface area contributed by atoms with E-state index in [1.165, 1.54) is 28.8 Å². The second kappa shape index (κ2) is 7.32. The van der Waals surface area contributed by atoms with Gasteiger partial charge < -0.3 is 10.2 Å². The Labute approximate surface area is 138 Å². The molecule has 120 valence electrons. The summed E-state index contributed by atoms with van der Waals surface area (Å²) in [5.74, 6) is 0.122. The van der Waals surface area contributed by atoms with Crippen molar-refractivity contribution in [3.8, 4) is 0 Å². The molecular weight excluding hydrogens is 284 g/mol. The molecule has 2 aromatic carbocycles. The first-order chi connectivity index (χ1) is 11.2. The van der Waals surface area contributed by atoms with Crippen LogP contribution in [0.5, 0.6) is 0 Å². The number of nitrogens with zero attached hydrogens (tertiary/aromatic N) is 1. The van der Waals surface area contributed by atoms with Gasteiger partial charge in [0.2, 0.25) is 5.91 Å². The van der Waals surface area contributed by atoms with Crippen molar-refractivity contribution in [2.24, 2.45) is 0 Å². The fourth-order valence-electron chi connectivity index (χ4n) is 3.17. The van der Waals surface area contributed by atoms with E-state index in [2.05, 4.69) is 53.5 Å². The first kappa shape index (κ1) is 15.6. The number of para-hydroxylation sites is 1. The third kappa shape index (κ3) is 3.92. The van der Waals surface area contributed by atoms with Gasteiger partial charge in [-0.3, -0.25) is 4.79 Å². The van der Waals surface area contributed by atoms with E-state index >= 15 is 0 Å². The minimum Gasteiger partial charge on any atom is -0.371 e. The molecule has 23 heavy (non-hydrogen) atoms. The molecule has 1 N–H and O–H groups in total. The van der Waals surface area contributed by atoms with E-state index < -0.39 is 0 Å². The molecule has 1 aliphatic rings. The van der Waals surface area contributed by atoms with Crippen molar-refractivity contribution in [3.05, 3.63) is 65.2 Å². The zero-order valence-corrected chi connectivity index (χ0v) is 13.7. The number of benzene rings is 2. The zero-order chi connectivity index (χ0) is 16.1. The Morgan fingerprint density at radius 3 is 2.78 bits per heavy atom. The maximum absolute atomic E-state index is 12.1. The Balaban J connectivity index is 1.51. The van der Waals surface area contributed by atoms with Gasteiger partial charge in [-0.1, -0.05) is 42.5 Å². The molecule has 0 radical (unpaired) electrons. The van der Waals surface area contributed by atoms with E-state index in [1.807, 2.05) is 12.1 Å². The molecule has 1 aliphatic heterocycles. The maximum atomic E-state index is 12.1. The van der Waals surface area contributed by atoms with E-state index in [9.17, 15) is 4.79 Å². The summed E-state index contributed by atoms with van der Waals surface area (Å²) in [7, 11) is 0. The van der Waals surface area contributed by atoms with Crippen molar-refractivity contribution >= 4 is 11.6 Å². The van der Waals surface area contributed by atoms with Crippen LogP contribution < -0.4 is 10.2 Å². The number of carbonyl (C=O) groups is 1. The first-order valence-corrected chi connectivity index (χ1v) is 8.38. The highest BCUT2D eigenvalue weighted by atomic mass is 16.1. The van der Waals surface area contributed by atoms with E-state index in [-0.39, 0.29) is 5.91 Å². The molecule has 0 spiro atoms. The summed E-state index contributed by atoms with van der Waals surface area (Å²) in [4.78, 5) is 14.5. The van der Waals surface area contributed by atoms with Gasteiger partial charge in [0, 0.05) is 31.7 Å². The van der Waals surface area contributed by atoms with Gasteiger partial charge in [0.15, 0.2) is 0 Å². The largest absolute Gasteiger partial charge is 0.371 e. The monoisotopic (exact) mass is 308 g/mol. The summed E-state index contributed by atoms with van der Waals surface area (Å²) in [5, 5.41) is 3.04. The predicted octanol–water partition coefficient (Wildman–Crippen LogP) is 3.45. The summed E-state index contributed by atoms with van der Waals surface area (Å²) in [6.45, 7) is 4.52. The van der Waals surface area contributed by atoms with Crippen molar-refractivity contribution in [1.82, 2.24) is 5.32 Å². The normalized spacial score (nSPS) is 13.5. The number of hydrogen-bond donors (Lipinski definition) is 1. The average molecular weight is 308 g/mol. The molecule has 0 unspecified atom stereocenters. The van der Waals surface area contributed by atoms with E-state index in [0.717, 1.165) is 19.5 Å². The van der Waals surface area contributed by atoms with Crippen LogP contribution in [0.2, 0.25) is 0 Å². The lowest BCUT2D eigenvalue weighted by Crippen LogP contribution is -2.34. The smallest absolute Gasteiger partial charge is 0.222 e. The zero-order valence-electron chi connectivity index (χ0n) is 13.7. The second-order valence-electron chi connectivity index (χ2n) is 6.17. The summed E-state index contributed by atoms with van der Waals surface area (Å²) in [6.07, 6.45) is 2.86. The van der Waals surface area contributed by atoms with Gasteiger partial charge in [-0.15, -0.1) is 0 Å². The highest BCUT2D eigenvalue weighted by Crippen LogP contribution is 2.26. The van der Waals surface area contributed by atoms with Gasteiger partial charge in [-0.25, -0.2) is 0 Å². The molecule has 0 bridgehead atoms. The van der Waals surface area contributed by atoms with Gasteiger partial charge in [0.05, 0.1) is 0 Å². The standard InChI is InChI=1S/C20H24N2O/c1-16-7-2-3-9-18(16)15-21-20(23)12-14-22-13-6-10-17-8-4-5-11-19(17)22/h2-5,7-9,11H,6,10,12-15H2,1H3,(H,21,23). The fraction of sp³-hybridized carbons (Fsp3) is 0.350. The highest BCUT2D eigenvalue weighted by Gasteiger charge is 2.16. The van der Waals surface area contributed by atoms with Gasteiger partial charge in [-0.05, 0) is 42.5 Å². The second-order valence-corrected chi connectivity index (χ2v) is 6.17. The summed E-state index contributed by atoms with van der Waals surface area (Å²) in [5.41, 5.74) is 5.10. The average Bonchev–Trinajstić information content (AvgIpc) is 2.59. The van der Waals surface area contributed by atoms with Gasteiger partial charge in [0.1, 0.15) is 0 Å². The molecule has 0 fully saturated rings. The van der Waals surface area contributed by atoms with Crippen molar-refractivity contribution < 1.29 is 4.79 Å². The fourth-order valence-corrected chi connectivity index (χ4v) is 3.17. The molecule has 0 atom stereocenters. The Morgan fingerprint density at radius 2 is 1.91 bits per heavy atom. The number of anilines is 1. The number of nitrogens with one attached hydrogen (secondary N) is 1. The maximum Gasteiger partial charge on any atom is 0.222 e. The van der Waals surface area contributed by atoms with Crippen molar-refractivity contribution in [1.29, 1.82) is 0 Å². The van der Waals surface area contributed by atoms with Gasteiger partial charge >= 0.3 is 0 Å².